The van der Waals surface area contributed by atoms with E-state index in [1.807, 2.05) is 0 Å². The van der Waals surface area contributed by atoms with Crippen LogP contribution in [0.5, 0.6) is 0 Å². The van der Waals surface area contributed by atoms with Crippen molar-refractivity contribution in [1.29, 1.82) is 0 Å². The molecular formula is C5H6N5P. The lowest BCUT2D eigenvalue weighted by Crippen LogP contribution is -1.92. The summed E-state index contributed by atoms with van der Waals surface area (Å²) in [5.41, 5.74) is 6.60. The summed E-state index contributed by atoms with van der Waals surface area (Å²) in [5.74, 6) is 0.242. The third-order valence-corrected chi connectivity index (χ3v) is 1.71. The van der Waals surface area contributed by atoms with Gasteiger partial charge in [-0.3, -0.25) is 4.34 Å². The van der Waals surface area contributed by atoms with Crippen LogP contribution < -0.4 is 5.73 Å². The number of fused-ring (bicyclic) bond motifs is 1. The number of nitrogens with zero attached hydrogens (tertiary/aromatic N) is 4. The quantitative estimate of drug-likeness (QED) is 0.565. The summed E-state index contributed by atoms with van der Waals surface area (Å²) in [6.45, 7) is 0. The molecule has 0 fully saturated rings. The summed E-state index contributed by atoms with van der Waals surface area (Å²) >= 11 is 0. The number of aromatic nitrogens is 4. The van der Waals surface area contributed by atoms with Gasteiger partial charge in [0.25, 0.3) is 0 Å². The number of anilines is 1. The molecule has 56 valence electrons. The van der Waals surface area contributed by atoms with Crippen LogP contribution in [0.15, 0.2) is 12.6 Å². The third-order valence-electron chi connectivity index (χ3n) is 1.34. The van der Waals surface area contributed by atoms with E-state index in [1.165, 1.54) is 0 Å². The summed E-state index contributed by atoms with van der Waals surface area (Å²) < 4.78 is 8.82. The van der Waals surface area contributed by atoms with Gasteiger partial charge < -0.3 is 5.73 Å². The monoisotopic (exact) mass is 169 g/mol. The Bertz CT molecular complexity index is 439. The lowest BCUT2D eigenvalue weighted by molar-refractivity contribution is 1.18. The Labute approximate surface area is 66.3 Å². The minimum Gasteiger partial charge on any atom is -0.382 e. The molecule has 0 amide bonds. The fourth-order valence-electron chi connectivity index (χ4n) is 0.825. The predicted molar refractivity (Wildman–Crippen MR) is 44.8 cm³/mol. The van der Waals surface area contributed by atoms with Gasteiger partial charge in [-0.1, -0.05) is 0 Å². The smallest absolute Gasteiger partial charge is 0.168 e. The number of nitrogens with two attached hydrogens (primary N) is 1. The second-order valence-electron chi connectivity index (χ2n) is 2.03. The van der Waals surface area contributed by atoms with Crippen LogP contribution in [0, 0.1) is 0 Å². The summed E-state index contributed by atoms with van der Waals surface area (Å²) in [6.07, 6.45) is 1.46. The Morgan fingerprint density at radius 3 is 3.18 bits per heavy atom. The van der Waals surface area contributed by atoms with Gasteiger partial charge in [-0.15, -0.1) is 0 Å². The highest BCUT2D eigenvalue weighted by Gasteiger charge is 2.03. The molecule has 0 bridgehead atoms. The second-order valence-corrected chi connectivity index (χ2v) is 2.59. The summed E-state index contributed by atoms with van der Waals surface area (Å²) in [5, 5.41) is 0. The van der Waals surface area contributed by atoms with Crippen LogP contribution in [0.1, 0.15) is 1.37 Å². The number of imidazole rings is 1. The zero-order valence-corrected chi connectivity index (χ0v) is 6.68. The van der Waals surface area contributed by atoms with Crippen molar-refractivity contribution in [3.63, 3.8) is 0 Å². The van der Waals surface area contributed by atoms with Crippen molar-refractivity contribution >= 4 is 26.4 Å². The number of hydrogen-bond acceptors (Lipinski definition) is 4. The van der Waals surface area contributed by atoms with Gasteiger partial charge in [0.05, 0.1) is 0 Å². The highest BCUT2D eigenvalue weighted by atomic mass is 31.0. The molecule has 0 aliphatic carbocycles. The first-order valence-electron chi connectivity index (χ1n) is 3.40. The van der Waals surface area contributed by atoms with E-state index in [9.17, 15) is 0 Å². The van der Waals surface area contributed by atoms with E-state index in [1.54, 1.807) is 10.7 Å². The SMILES string of the molecule is [3H]c1nc(N)c2ncn(P)c2n1. The number of rotatable bonds is 0. The van der Waals surface area contributed by atoms with Gasteiger partial charge in [0.2, 0.25) is 0 Å². The first-order chi connectivity index (χ1) is 5.68. The molecule has 0 aliphatic rings. The maximum Gasteiger partial charge on any atom is 0.168 e. The highest BCUT2D eigenvalue weighted by molar-refractivity contribution is 7.14. The molecule has 0 saturated heterocycles. The van der Waals surface area contributed by atoms with Crippen LogP contribution in [0.3, 0.4) is 0 Å². The zero-order chi connectivity index (χ0) is 8.72. The van der Waals surface area contributed by atoms with Gasteiger partial charge in [0.1, 0.15) is 19.5 Å². The average Bonchev–Trinajstić information content (AvgIpc) is 2.33. The van der Waals surface area contributed by atoms with Crippen LogP contribution in [0.25, 0.3) is 11.2 Å². The number of nitrogen functional groups attached to an aromatic ring is 1. The molecule has 5 nitrogen and oxygen atoms in total. The molecule has 2 heterocycles. The van der Waals surface area contributed by atoms with Crippen molar-refractivity contribution in [2.24, 2.45) is 0 Å². The first kappa shape index (κ1) is 5.43. The average molecular weight is 169 g/mol. The maximum atomic E-state index is 7.20. The van der Waals surface area contributed by atoms with Crippen molar-refractivity contribution < 1.29 is 1.37 Å². The van der Waals surface area contributed by atoms with E-state index in [4.69, 9.17) is 7.10 Å². The second kappa shape index (κ2) is 2.13. The summed E-state index contributed by atoms with van der Waals surface area (Å²) in [7, 11) is 2.40. The van der Waals surface area contributed by atoms with Gasteiger partial charge in [-0.2, -0.15) is 0 Å². The molecule has 2 N–H and O–H groups in total. The van der Waals surface area contributed by atoms with E-state index >= 15 is 0 Å². The Kier molecular flexibility index (Phi) is 1.05. The van der Waals surface area contributed by atoms with Gasteiger partial charge in [0.15, 0.2) is 11.5 Å². The predicted octanol–water partition coefficient (Wildman–Crippen LogP) is 0.0467. The summed E-state index contributed by atoms with van der Waals surface area (Å²) in [6, 6.07) is 0. The zero-order valence-electron chi connectivity index (χ0n) is 6.52. The third kappa shape index (κ3) is 0.851. The Morgan fingerprint density at radius 1 is 1.55 bits per heavy atom. The minimum atomic E-state index is -0.0933. The summed E-state index contributed by atoms with van der Waals surface area (Å²) in [4.78, 5) is 11.5. The molecule has 0 spiro atoms. The van der Waals surface area contributed by atoms with E-state index in [0.717, 1.165) is 0 Å². The molecule has 2 aromatic rings. The lowest BCUT2D eigenvalue weighted by Gasteiger charge is -1.92. The topological polar surface area (TPSA) is 69.6 Å². The first-order valence-corrected chi connectivity index (χ1v) is 3.42. The number of hydrogen-bond donors (Lipinski definition) is 1. The molecule has 2 rings (SSSR count). The van der Waals surface area contributed by atoms with Gasteiger partial charge in [-0.05, 0) is 9.39 Å². The van der Waals surface area contributed by atoms with E-state index in [2.05, 4.69) is 24.3 Å². The van der Waals surface area contributed by atoms with Crippen molar-refractivity contribution in [2.75, 3.05) is 5.73 Å². The molecular weight excluding hydrogens is 161 g/mol. The highest BCUT2D eigenvalue weighted by Crippen LogP contribution is 2.15. The molecule has 1 unspecified atom stereocenters. The fraction of sp³-hybridized carbons (Fsp3) is 0. The van der Waals surface area contributed by atoms with Crippen molar-refractivity contribution in [3.05, 3.63) is 12.6 Å². The standard InChI is InChI=1S/C5H6N5P/c6-4-3-5(8-1-7-4)10(11)2-9-3/h1-2H,11H2,(H2,6,7,8)/i1T. The lowest BCUT2D eigenvalue weighted by atomic mass is 10.5. The Balaban J connectivity index is 2.92. The molecule has 1 atom stereocenters. The Hall–Kier alpha value is -1.22. The van der Waals surface area contributed by atoms with Crippen molar-refractivity contribution in [2.45, 2.75) is 0 Å². The fourth-order valence-corrected chi connectivity index (χ4v) is 1.07. The van der Waals surface area contributed by atoms with Gasteiger partial charge in [-0.25, -0.2) is 15.0 Å². The molecule has 0 saturated carbocycles. The van der Waals surface area contributed by atoms with Gasteiger partial charge in [0, 0.05) is 0 Å². The van der Waals surface area contributed by atoms with E-state index in [0.29, 0.717) is 11.2 Å². The molecule has 6 heteroatoms. The van der Waals surface area contributed by atoms with Gasteiger partial charge >= 0.3 is 0 Å². The maximum absolute atomic E-state index is 7.20. The minimum absolute atomic E-state index is 0.0933. The molecule has 0 radical (unpaired) electrons. The molecule has 11 heavy (non-hydrogen) atoms. The van der Waals surface area contributed by atoms with E-state index in [-0.39, 0.29) is 12.1 Å². The Morgan fingerprint density at radius 2 is 2.36 bits per heavy atom. The molecule has 0 aromatic carbocycles. The molecule has 2 aromatic heterocycles. The van der Waals surface area contributed by atoms with Crippen LogP contribution >= 0.6 is 9.39 Å². The van der Waals surface area contributed by atoms with Crippen LogP contribution in [0.4, 0.5) is 5.82 Å². The van der Waals surface area contributed by atoms with Crippen LogP contribution in [0.2, 0.25) is 0 Å². The van der Waals surface area contributed by atoms with Crippen molar-refractivity contribution in [3.8, 4) is 0 Å². The molecule has 0 aliphatic heterocycles. The van der Waals surface area contributed by atoms with Crippen LogP contribution in [-0.2, 0) is 0 Å². The van der Waals surface area contributed by atoms with Crippen molar-refractivity contribution in [1.82, 2.24) is 19.3 Å². The largest absolute Gasteiger partial charge is 0.382 e. The van der Waals surface area contributed by atoms with E-state index < -0.39 is 0 Å². The normalized spacial score (nSPS) is 11.9. The van der Waals surface area contributed by atoms with Crippen LogP contribution in [-0.4, -0.2) is 19.3 Å².